The van der Waals surface area contributed by atoms with Gasteiger partial charge in [-0.3, -0.25) is 0 Å². The van der Waals surface area contributed by atoms with Crippen molar-refractivity contribution in [2.45, 2.75) is 47.1 Å². The van der Waals surface area contributed by atoms with Crippen LogP contribution in [0.4, 0.5) is 0 Å². The largest absolute Gasteiger partial charge is 0.309 e. The van der Waals surface area contributed by atoms with Gasteiger partial charge in [0.2, 0.25) is 0 Å². The van der Waals surface area contributed by atoms with E-state index < -0.39 is 0 Å². The lowest BCUT2D eigenvalue weighted by Crippen LogP contribution is -2.35. The van der Waals surface area contributed by atoms with E-state index in [-0.39, 0.29) is 0 Å². The van der Waals surface area contributed by atoms with Gasteiger partial charge in [0.1, 0.15) is 0 Å². The molecule has 0 saturated heterocycles. The lowest BCUT2D eigenvalue weighted by Gasteiger charge is -2.32. The molecule has 0 radical (unpaired) electrons. The minimum Gasteiger partial charge on any atom is -0.309 e. The first-order chi connectivity index (χ1) is 8.36. The molecular formula is C16H26BrN. The van der Waals surface area contributed by atoms with Crippen LogP contribution in [0.3, 0.4) is 0 Å². The second-order valence-corrected chi connectivity index (χ2v) is 6.96. The highest BCUT2D eigenvalue weighted by Crippen LogP contribution is 2.27. The summed E-state index contributed by atoms with van der Waals surface area (Å²) >= 11 is 3.55. The Kier molecular flexibility index (Phi) is 5.87. The maximum Gasteiger partial charge on any atom is 0.0318 e. The summed E-state index contributed by atoms with van der Waals surface area (Å²) in [5.74, 6) is 0.685. The lowest BCUT2D eigenvalue weighted by atomic mass is 9.81. The summed E-state index contributed by atoms with van der Waals surface area (Å²) in [6.07, 6.45) is 1.12. The molecule has 0 aliphatic rings. The summed E-state index contributed by atoms with van der Waals surface area (Å²) in [4.78, 5) is 0. The number of benzene rings is 1. The van der Waals surface area contributed by atoms with E-state index in [9.17, 15) is 0 Å². The van der Waals surface area contributed by atoms with Gasteiger partial charge in [0.05, 0.1) is 0 Å². The highest BCUT2D eigenvalue weighted by atomic mass is 79.9. The molecule has 1 atom stereocenters. The summed E-state index contributed by atoms with van der Waals surface area (Å²) in [5.41, 5.74) is 1.70. The number of hydrogen-bond donors (Lipinski definition) is 1. The smallest absolute Gasteiger partial charge is 0.0318 e. The Balaban J connectivity index is 2.69. The molecule has 1 N–H and O–H groups in total. The number of nitrogens with one attached hydrogen (secondary N) is 1. The van der Waals surface area contributed by atoms with Gasteiger partial charge in [-0.25, -0.2) is 0 Å². The van der Waals surface area contributed by atoms with Crippen LogP contribution in [0.15, 0.2) is 28.7 Å². The fourth-order valence-electron chi connectivity index (χ4n) is 1.81. The van der Waals surface area contributed by atoms with E-state index in [0.717, 1.165) is 17.4 Å². The topological polar surface area (TPSA) is 12.0 Å². The van der Waals surface area contributed by atoms with Crippen molar-refractivity contribution in [3.8, 4) is 0 Å². The van der Waals surface area contributed by atoms with Crippen LogP contribution in [0.2, 0.25) is 0 Å². The molecule has 1 unspecified atom stereocenters. The van der Waals surface area contributed by atoms with Gasteiger partial charge in [0.15, 0.2) is 0 Å². The summed E-state index contributed by atoms with van der Waals surface area (Å²) < 4.78 is 1.16. The summed E-state index contributed by atoms with van der Waals surface area (Å²) in [5, 5.41) is 3.71. The number of rotatable bonds is 6. The first-order valence-electron chi connectivity index (χ1n) is 6.85. The van der Waals surface area contributed by atoms with E-state index in [1.807, 2.05) is 0 Å². The molecule has 1 aromatic carbocycles. The van der Waals surface area contributed by atoms with Crippen LogP contribution in [-0.2, 0) is 0 Å². The van der Waals surface area contributed by atoms with Gasteiger partial charge in [-0.1, -0.05) is 62.7 Å². The standard InChI is InChI=1S/C16H26BrN/c1-6-15(13-8-7-9-14(17)10-13)18-11-16(4,5)12(2)3/h7-10,12,15,18H,6,11H2,1-5H3. The zero-order valence-corrected chi connectivity index (χ0v) is 13.8. The zero-order chi connectivity index (χ0) is 13.8. The molecule has 0 aromatic heterocycles. The molecule has 0 aliphatic carbocycles. The summed E-state index contributed by atoms with van der Waals surface area (Å²) in [6, 6.07) is 9.05. The molecule has 2 heteroatoms. The third-order valence-electron chi connectivity index (χ3n) is 4.03. The Hall–Kier alpha value is -0.340. The third-order valence-corrected chi connectivity index (χ3v) is 4.52. The van der Waals surface area contributed by atoms with Crippen molar-refractivity contribution in [3.05, 3.63) is 34.3 Å². The van der Waals surface area contributed by atoms with Gasteiger partial charge in [0, 0.05) is 17.1 Å². The first kappa shape index (κ1) is 15.7. The molecule has 1 aromatic rings. The first-order valence-corrected chi connectivity index (χ1v) is 7.65. The average Bonchev–Trinajstić information content (AvgIpc) is 2.29. The van der Waals surface area contributed by atoms with Crippen LogP contribution >= 0.6 is 15.9 Å². The van der Waals surface area contributed by atoms with Crippen molar-refractivity contribution >= 4 is 15.9 Å². The Labute approximate surface area is 120 Å². The fraction of sp³-hybridized carbons (Fsp3) is 0.625. The second-order valence-electron chi connectivity index (χ2n) is 6.04. The van der Waals surface area contributed by atoms with Crippen LogP contribution in [0, 0.1) is 11.3 Å². The van der Waals surface area contributed by atoms with Crippen LogP contribution < -0.4 is 5.32 Å². The van der Waals surface area contributed by atoms with Crippen LogP contribution in [-0.4, -0.2) is 6.54 Å². The Morgan fingerprint density at radius 3 is 2.44 bits per heavy atom. The van der Waals surface area contributed by atoms with Gasteiger partial charge in [-0.05, 0) is 35.4 Å². The molecule has 0 heterocycles. The maximum atomic E-state index is 3.71. The van der Waals surface area contributed by atoms with Crippen molar-refractivity contribution in [1.82, 2.24) is 5.32 Å². The predicted molar refractivity (Wildman–Crippen MR) is 83.8 cm³/mol. The molecule has 0 bridgehead atoms. The minimum absolute atomic E-state index is 0.333. The van der Waals surface area contributed by atoms with Gasteiger partial charge >= 0.3 is 0 Å². The predicted octanol–water partition coefficient (Wildman–Crippen LogP) is 5.17. The fourth-order valence-corrected chi connectivity index (χ4v) is 2.23. The maximum absolute atomic E-state index is 3.71. The van der Waals surface area contributed by atoms with E-state index in [0.29, 0.717) is 17.4 Å². The van der Waals surface area contributed by atoms with Gasteiger partial charge in [-0.15, -0.1) is 0 Å². The normalized spacial score (nSPS) is 13.9. The summed E-state index contributed by atoms with van der Waals surface area (Å²) in [7, 11) is 0. The van der Waals surface area contributed by atoms with Crippen LogP contribution in [0.25, 0.3) is 0 Å². The molecule has 0 saturated carbocycles. The lowest BCUT2D eigenvalue weighted by molar-refractivity contribution is 0.227. The van der Waals surface area contributed by atoms with E-state index >= 15 is 0 Å². The van der Waals surface area contributed by atoms with Gasteiger partial charge in [0.25, 0.3) is 0 Å². The molecule has 1 nitrogen and oxygen atoms in total. The molecule has 18 heavy (non-hydrogen) atoms. The second kappa shape index (κ2) is 6.72. The minimum atomic E-state index is 0.333. The SMILES string of the molecule is CCC(NCC(C)(C)C(C)C)c1cccc(Br)c1. The molecule has 0 fully saturated rings. The van der Waals surface area contributed by atoms with E-state index in [4.69, 9.17) is 0 Å². The molecule has 0 amide bonds. The van der Waals surface area contributed by atoms with Gasteiger partial charge < -0.3 is 5.32 Å². The molecule has 0 spiro atoms. The van der Waals surface area contributed by atoms with Crippen LogP contribution in [0.1, 0.15) is 52.6 Å². The third kappa shape index (κ3) is 4.40. The molecule has 102 valence electrons. The average molecular weight is 312 g/mol. The highest BCUT2D eigenvalue weighted by Gasteiger charge is 2.23. The van der Waals surface area contributed by atoms with E-state index in [2.05, 4.69) is 80.1 Å². The molecule has 1 rings (SSSR count). The van der Waals surface area contributed by atoms with Crippen molar-refractivity contribution in [1.29, 1.82) is 0 Å². The number of halogens is 1. The monoisotopic (exact) mass is 311 g/mol. The Bertz CT molecular complexity index is 371. The molecule has 0 aliphatic heterocycles. The van der Waals surface area contributed by atoms with Crippen molar-refractivity contribution in [3.63, 3.8) is 0 Å². The van der Waals surface area contributed by atoms with E-state index in [1.54, 1.807) is 0 Å². The Morgan fingerprint density at radius 1 is 1.28 bits per heavy atom. The van der Waals surface area contributed by atoms with Crippen molar-refractivity contribution in [2.75, 3.05) is 6.54 Å². The zero-order valence-electron chi connectivity index (χ0n) is 12.3. The summed E-state index contributed by atoms with van der Waals surface area (Å²) in [6.45, 7) is 12.5. The van der Waals surface area contributed by atoms with Crippen molar-refractivity contribution in [2.24, 2.45) is 11.3 Å². The number of hydrogen-bond acceptors (Lipinski definition) is 1. The quantitative estimate of drug-likeness (QED) is 0.764. The Morgan fingerprint density at radius 2 is 1.94 bits per heavy atom. The van der Waals surface area contributed by atoms with Crippen molar-refractivity contribution < 1.29 is 0 Å². The van der Waals surface area contributed by atoms with Gasteiger partial charge in [-0.2, -0.15) is 0 Å². The molecular weight excluding hydrogens is 286 g/mol. The highest BCUT2D eigenvalue weighted by molar-refractivity contribution is 9.10. The van der Waals surface area contributed by atoms with Crippen LogP contribution in [0.5, 0.6) is 0 Å². The van der Waals surface area contributed by atoms with E-state index in [1.165, 1.54) is 5.56 Å².